The molecular weight excluding hydrogens is 392 g/mol. The topological polar surface area (TPSA) is 70.7 Å². The smallest absolute Gasteiger partial charge is 0.222 e. The largest absolute Gasteiger partial charge is 0.353 e. The minimum atomic E-state index is -0.0241. The van der Waals surface area contributed by atoms with Crippen molar-refractivity contribution in [3.05, 3.63) is 50.6 Å². The number of halogens is 1. The first-order valence-electron chi connectivity index (χ1n) is 9.41. The Morgan fingerprint density at radius 2 is 2.32 bits per heavy atom. The summed E-state index contributed by atoms with van der Waals surface area (Å²) in [4.78, 5) is 17.4. The van der Waals surface area contributed by atoms with Crippen molar-refractivity contribution in [1.29, 1.82) is 5.26 Å². The van der Waals surface area contributed by atoms with Crippen molar-refractivity contribution in [2.45, 2.75) is 45.7 Å². The van der Waals surface area contributed by atoms with Crippen molar-refractivity contribution in [2.24, 2.45) is 5.92 Å². The van der Waals surface area contributed by atoms with Crippen LogP contribution >= 0.6 is 22.9 Å². The molecule has 3 aromatic rings. The first kappa shape index (κ1) is 19.0. The van der Waals surface area contributed by atoms with E-state index in [9.17, 15) is 10.1 Å². The van der Waals surface area contributed by atoms with Crippen molar-refractivity contribution in [2.75, 3.05) is 0 Å². The third-order valence-corrected chi connectivity index (χ3v) is 6.41. The van der Waals surface area contributed by atoms with Crippen LogP contribution in [0.2, 0.25) is 4.47 Å². The number of aromatic nitrogens is 2. The molecule has 0 saturated carbocycles. The second-order valence-corrected chi connectivity index (χ2v) is 9.23. The highest BCUT2D eigenvalue weighted by Gasteiger charge is 2.27. The lowest BCUT2D eigenvalue weighted by Crippen LogP contribution is -2.41. The van der Waals surface area contributed by atoms with Crippen molar-refractivity contribution < 1.29 is 4.79 Å². The molecule has 144 valence electrons. The number of rotatable bonds is 4. The van der Waals surface area contributed by atoms with Crippen molar-refractivity contribution in [1.82, 2.24) is 14.9 Å². The number of fused-ring (bicyclic) bond motifs is 3. The summed E-state index contributed by atoms with van der Waals surface area (Å²) in [6, 6.07) is 8.23. The predicted molar refractivity (Wildman–Crippen MR) is 112 cm³/mol. The van der Waals surface area contributed by atoms with Crippen LogP contribution in [-0.4, -0.2) is 21.5 Å². The molecule has 1 amide bonds. The molecule has 0 bridgehead atoms. The summed E-state index contributed by atoms with van der Waals surface area (Å²) in [6.45, 7) is 4.54. The van der Waals surface area contributed by atoms with Gasteiger partial charge >= 0.3 is 0 Å². The molecule has 2 aromatic heterocycles. The number of hydrogen-bond donors (Lipinski definition) is 1. The summed E-state index contributed by atoms with van der Waals surface area (Å²) >= 11 is 7.51. The number of carbonyl (C=O) groups excluding carboxylic acids is 1. The maximum Gasteiger partial charge on any atom is 0.222 e. The van der Waals surface area contributed by atoms with Crippen LogP contribution in [0.3, 0.4) is 0 Å². The van der Waals surface area contributed by atoms with Gasteiger partial charge < -0.3 is 9.88 Å². The standard InChI is InChI=1S/C21H21ClN4OS/c1-12(2)20(27)25-14-4-6-19-17(8-14)16-7-13(9-23)3-5-18(16)26(19)11-15-10-24-21(22)28-15/h3,5,7,10,12,14H,4,6,8,11H2,1-2H3,(H,25,27). The Kier molecular flexibility index (Phi) is 5.13. The number of amides is 1. The van der Waals surface area contributed by atoms with E-state index in [2.05, 4.69) is 20.9 Å². The maximum absolute atomic E-state index is 12.2. The molecule has 1 aromatic carbocycles. The molecule has 1 atom stereocenters. The molecular formula is C21H21ClN4OS. The zero-order chi connectivity index (χ0) is 19.8. The Balaban J connectivity index is 1.75. The fourth-order valence-electron chi connectivity index (χ4n) is 3.90. The SMILES string of the molecule is CC(C)C(=O)NC1CCc2c(c3cc(C#N)ccc3n2Cc2cnc(Cl)s2)C1. The second-order valence-electron chi connectivity index (χ2n) is 7.54. The van der Waals surface area contributed by atoms with Crippen LogP contribution in [0.4, 0.5) is 0 Å². The Bertz CT molecular complexity index is 1090. The summed E-state index contributed by atoms with van der Waals surface area (Å²) in [6.07, 6.45) is 4.41. The van der Waals surface area contributed by atoms with E-state index in [4.69, 9.17) is 11.6 Å². The highest BCUT2D eigenvalue weighted by Crippen LogP contribution is 2.34. The molecule has 0 aliphatic heterocycles. The van der Waals surface area contributed by atoms with E-state index in [1.54, 1.807) is 0 Å². The Morgan fingerprint density at radius 3 is 3.00 bits per heavy atom. The fourth-order valence-corrected chi connectivity index (χ4v) is 4.87. The molecule has 28 heavy (non-hydrogen) atoms. The second kappa shape index (κ2) is 7.57. The van der Waals surface area contributed by atoms with Crippen LogP contribution in [0.15, 0.2) is 24.4 Å². The van der Waals surface area contributed by atoms with Gasteiger partial charge in [0.25, 0.3) is 0 Å². The molecule has 0 spiro atoms. The molecule has 0 fully saturated rings. The normalized spacial score (nSPS) is 16.2. The zero-order valence-corrected chi connectivity index (χ0v) is 17.4. The van der Waals surface area contributed by atoms with Gasteiger partial charge in [-0.3, -0.25) is 4.79 Å². The van der Waals surface area contributed by atoms with Gasteiger partial charge in [-0.25, -0.2) is 4.98 Å². The average Bonchev–Trinajstić information content (AvgIpc) is 3.23. The highest BCUT2D eigenvalue weighted by atomic mass is 35.5. The maximum atomic E-state index is 12.2. The summed E-state index contributed by atoms with van der Waals surface area (Å²) in [5, 5.41) is 13.6. The number of nitrogens with zero attached hydrogens (tertiary/aromatic N) is 3. The third-order valence-electron chi connectivity index (χ3n) is 5.31. The lowest BCUT2D eigenvalue weighted by atomic mass is 9.90. The molecule has 0 radical (unpaired) electrons. The number of thiazole rings is 1. The van der Waals surface area contributed by atoms with Gasteiger partial charge in [0, 0.05) is 39.6 Å². The molecule has 7 heteroatoms. The molecule has 0 saturated heterocycles. The molecule has 1 aliphatic rings. The number of benzene rings is 1. The number of nitrogens with one attached hydrogen (secondary N) is 1. The highest BCUT2D eigenvalue weighted by molar-refractivity contribution is 7.15. The first-order chi connectivity index (χ1) is 13.5. The summed E-state index contributed by atoms with van der Waals surface area (Å²) in [5.41, 5.74) is 4.29. The van der Waals surface area contributed by atoms with Crippen LogP contribution < -0.4 is 5.32 Å². The molecule has 5 nitrogen and oxygen atoms in total. The molecule has 1 N–H and O–H groups in total. The number of hydrogen-bond acceptors (Lipinski definition) is 4. The van der Waals surface area contributed by atoms with Crippen LogP contribution in [0.25, 0.3) is 10.9 Å². The van der Waals surface area contributed by atoms with Gasteiger partial charge in [-0.15, -0.1) is 11.3 Å². The molecule has 2 heterocycles. The van der Waals surface area contributed by atoms with Gasteiger partial charge in [0.15, 0.2) is 4.47 Å². The summed E-state index contributed by atoms with van der Waals surface area (Å²) in [5.74, 6) is 0.0678. The summed E-state index contributed by atoms with van der Waals surface area (Å²) in [7, 11) is 0. The fraction of sp³-hybridized carbons (Fsp3) is 0.381. The lowest BCUT2D eigenvalue weighted by Gasteiger charge is -2.25. The Labute approximate surface area is 173 Å². The van der Waals surface area contributed by atoms with Crippen LogP contribution in [0, 0.1) is 17.2 Å². The number of carbonyl (C=O) groups is 1. The van der Waals surface area contributed by atoms with E-state index >= 15 is 0 Å². The van der Waals surface area contributed by atoms with Crippen LogP contribution in [0.1, 0.15) is 42.0 Å². The molecule has 4 rings (SSSR count). The first-order valence-corrected chi connectivity index (χ1v) is 10.6. The van der Waals surface area contributed by atoms with Crippen molar-refractivity contribution in [3.8, 4) is 6.07 Å². The monoisotopic (exact) mass is 412 g/mol. The summed E-state index contributed by atoms with van der Waals surface area (Å²) < 4.78 is 2.86. The van der Waals surface area contributed by atoms with Crippen molar-refractivity contribution >= 4 is 39.7 Å². The van der Waals surface area contributed by atoms with E-state index in [0.717, 1.165) is 35.0 Å². The minimum Gasteiger partial charge on any atom is -0.353 e. The average molecular weight is 413 g/mol. The molecule has 1 unspecified atom stereocenters. The van der Waals surface area contributed by atoms with Crippen molar-refractivity contribution in [3.63, 3.8) is 0 Å². The van der Waals surface area contributed by atoms with Gasteiger partial charge in [0.1, 0.15) is 0 Å². The zero-order valence-electron chi connectivity index (χ0n) is 15.8. The predicted octanol–water partition coefficient (Wildman–Crippen LogP) is 4.30. The van der Waals surface area contributed by atoms with E-state index in [0.29, 0.717) is 16.6 Å². The molecule has 1 aliphatic carbocycles. The van der Waals surface area contributed by atoms with Crippen LogP contribution in [-0.2, 0) is 24.2 Å². The Morgan fingerprint density at radius 1 is 1.50 bits per heavy atom. The Hall–Kier alpha value is -2.36. The van der Waals surface area contributed by atoms with Crippen LogP contribution in [0.5, 0.6) is 0 Å². The van der Waals surface area contributed by atoms with E-state index in [1.165, 1.54) is 22.6 Å². The van der Waals surface area contributed by atoms with E-state index < -0.39 is 0 Å². The number of nitriles is 1. The van der Waals surface area contributed by atoms with E-state index in [1.807, 2.05) is 38.2 Å². The third kappa shape index (κ3) is 3.52. The van der Waals surface area contributed by atoms with Gasteiger partial charge in [0.2, 0.25) is 5.91 Å². The van der Waals surface area contributed by atoms with Gasteiger partial charge in [-0.1, -0.05) is 25.4 Å². The van der Waals surface area contributed by atoms with Gasteiger partial charge in [-0.05, 0) is 43.0 Å². The minimum absolute atomic E-state index is 0.0241. The van der Waals surface area contributed by atoms with Gasteiger partial charge in [-0.2, -0.15) is 5.26 Å². The quantitative estimate of drug-likeness (QED) is 0.694. The van der Waals surface area contributed by atoms with Gasteiger partial charge in [0.05, 0.1) is 18.2 Å². The van der Waals surface area contributed by atoms with E-state index in [-0.39, 0.29) is 17.9 Å². The lowest BCUT2D eigenvalue weighted by molar-refractivity contribution is -0.124.